The van der Waals surface area contributed by atoms with Crippen molar-refractivity contribution in [1.82, 2.24) is 9.71 Å². The van der Waals surface area contributed by atoms with Crippen LogP contribution >= 0.6 is 23.3 Å². The molecule has 0 aromatic carbocycles. The summed E-state index contributed by atoms with van der Waals surface area (Å²) < 4.78 is 4.40. The first kappa shape index (κ1) is 13.1. The lowest BCUT2D eigenvalue weighted by atomic mass is 10.1. The molecule has 1 heterocycles. The maximum absolute atomic E-state index is 5.68. The maximum Gasteiger partial charge on any atom is 0.131 e. The average Bonchev–Trinajstić information content (AvgIpc) is 2.48. The van der Waals surface area contributed by atoms with Gasteiger partial charge < -0.3 is 0 Å². The molecular formula is C10H17BN2S2. The van der Waals surface area contributed by atoms with Gasteiger partial charge in [-0.25, -0.2) is 4.98 Å². The highest BCUT2D eigenvalue weighted by Gasteiger charge is 2.25. The molecule has 0 saturated heterocycles. The second-order valence-electron chi connectivity index (χ2n) is 5.01. The summed E-state index contributed by atoms with van der Waals surface area (Å²) in [6.45, 7) is 10.8. The van der Waals surface area contributed by atoms with Crippen LogP contribution in [0.2, 0.25) is 0 Å². The van der Waals surface area contributed by atoms with Crippen molar-refractivity contribution in [3.63, 3.8) is 0 Å². The van der Waals surface area contributed by atoms with Crippen LogP contribution in [0.25, 0.3) is 0 Å². The van der Waals surface area contributed by atoms with E-state index in [4.69, 9.17) is 7.85 Å². The average molecular weight is 240 g/mol. The normalized spacial score (nSPS) is 13.1. The van der Waals surface area contributed by atoms with Crippen molar-refractivity contribution in [2.75, 3.05) is 0 Å². The minimum absolute atomic E-state index is 0.139. The number of hydrogen-bond acceptors (Lipinski definition) is 4. The van der Waals surface area contributed by atoms with Gasteiger partial charge in [-0.3, -0.25) is 4.72 Å². The number of nitrogens with one attached hydrogen (secondary N) is 1. The third-order valence-corrected chi connectivity index (χ3v) is 4.05. The van der Waals surface area contributed by atoms with Crippen molar-refractivity contribution in [2.45, 2.75) is 44.9 Å². The molecule has 0 aliphatic rings. The van der Waals surface area contributed by atoms with Gasteiger partial charge in [0.25, 0.3) is 0 Å². The first-order valence-electron chi connectivity index (χ1n) is 4.88. The van der Waals surface area contributed by atoms with E-state index in [1.807, 2.05) is 0 Å². The van der Waals surface area contributed by atoms with E-state index in [1.165, 1.54) is 11.3 Å². The van der Waals surface area contributed by atoms with Gasteiger partial charge >= 0.3 is 0 Å². The topological polar surface area (TPSA) is 24.9 Å². The zero-order chi connectivity index (χ0) is 11.7. The van der Waals surface area contributed by atoms with Crippen LogP contribution in [0, 0.1) is 0 Å². The Bertz CT molecular complexity index is 328. The molecule has 1 aromatic rings. The minimum atomic E-state index is -0.139. The SMILES string of the molecule is [B]c1cnc(C(C)(C)NSC(C)(C)C)s1. The van der Waals surface area contributed by atoms with Crippen molar-refractivity contribution in [1.29, 1.82) is 0 Å². The molecule has 1 N–H and O–H groups in total. The molecule has 5 heteroatoms. The Morgan fingerprint density at radius 3 is 2.33 bits per heavy atom. The van der Waals surface area contributed by atoms with Gasteiger partial charge in [-0.1, -0.05) is 11.9 Å². The predicted molar refractivity (Wildman–Crippen MR) is 71.0 cm³/mol. The van der Waals surface area contributed by atoms with Crippen LogP contribution < -0.4 is 9.50 Å². The molecular weight excluding hydrogens is 223 g/mol. The summed E-state index contributed by atoms with van der Waals surface area (Å²) in [7, 11) is 5.68. The molecule has 0 fully saturated rings. The summed E-state index contributed by atoms with van der Waals surface area (Å²) in [6.07, 6.45) is 1.71. The minimum Gasteiger partial charge on any atom is -0.251 e. The van der Waals surface area contributed by atoms with E-state index >= 15 is 0 Å². The van der Waals surface area contributed by atoms with Crippen LogP contribution in [0.5, 0.6) is 0 Å². The lowest BCUT2D eigenvalue weighted by molar-refractivity contribution is 0.502. The quantitative estimate of drug-likeness (QED) is 0.647. The molecule has 1 rings (SSSR count). The van der Waals surface area contributed by atoms with E-state index in [1.54, 1.807) is 18.1 Å². The van der Waals surface area contributed by atoms with Crippen molar-refractivity contribution >= 4 is 35.9 Å². The van der Waals surface area contributed by atoms with Crippen LogP contribution in [-0.4, -0.2) is 17.6 Å². The third kappa shape index (κ3) is 4.17. The highest BCUT2D eigenvalue weighted by molar-refractivity contribution is 7.98. The number of hydrogen-bond donors (Lipinski definition) is 1. The molecule has 0 aliphatic heterocycles. The highest BCUT2D eigenvalue weighted by atomic mass is 32.2. The van der Waals surface area contributed by atoms with Crippen molar-refractivity contribution in [3.05, 3.63) is 11.2 Å². The fourth-order valence-corrected chi connectivity index (χ4v) is 2.36. The molecule has 0 aliphatic carbocycles. The molecule has 0 amide bonds. The summed E-state index contributed by atoms with van der Waals surface area (Å²) in [6, 6.07) is 0. The van der Waals surface area contributed by atoms with Gasteiger partial charge in [-0.2, -0.15) is 0 Å². The summed E-state index contributed by atoms with van der Waals surface area (Å²) in [4.78, 5) is 4.31. The van der Waals surface area contributed by atoms with Crippen LogP contribution in [-0.2, 0) is 5.54 Å². The smallest absolute Gasteiger partial charge is 0.131 e. The van der Waals surface area contributed by atoms with Crippen LogP contribution in [0.1, 0.15) is 39.6 Å². The fraction of sp³-hybridized carbons (Fsp3) is 0.700. The van der Waals surface area contributed by atoms with Crippen LogP contribution in [0.3, 0.4) is 0 Å². The van der Waals surface area contributed by atoms with E-state index in [0.29, 0.717) is 0 Å². The van der Waals surface area contributed by atoms with E-state index in [9.17, 15) is 0 Å². The van der Waals surface area contributed by atoms with Gasteiger partial charge in [0.2, 0.25) is 0 Å². The molecule has 0 atom stereocenters. The Morgan fingerprint density at radius 1 is 1.33 bits per heavy atom. The number of nitrogens with zero attached hydrogens (tertiary/aromatic N) is 1. The lowest BCUT2D eigenvalue weighted by Gasteiger charge is -2.28. The van der Waals surface area contributed by atoms with Gasteiger partial charge in [-0.05, 0) is 39.4 Å². The van der Waals surface area contributed by atoms with Crippen molar-refractivity contribution in [2.24, 2.45) is 0 Å². The zero-order valence-electron chi connectivity index (χ0n) is 9.92. The van der Waals surface area contributed by atoms with Gasteiger partial charge in [0, 0.05) is 10.9 Å². The van der Waals surface area contributed by atoms with Gasteiger partial charge in [0.15, 0.2) is 0 Å². The van der Waals surface area contributed by atoms with Gasteiger partial charge in [0.05, 0.1) is 5.54 Å². The number of aromatic nitrogens is 1. The predicted octanol–water partition coefficient (Wildman–Crippen LogP) is 2.21. The Hall–Kier alpha value is 0.00494. The first-order chi connectivity index (χ1) is 6.71. The van der Waals surface area contributed by atoms with Crippen LogP contribution in [0.15, 0.2) is 6.20 Å². The third-order valence-electron chi connectivity index (χ3n) is 1.67. The number of thiazole rings is 1. The highest BCUT2D eigenvalue weighted by Crippen LogP contribution is 2.28. The molecule has 15 heavy (non-hydrogen) atoms. The van der Waals surface area contributed by atoms with Crippen molar-refractivity contribution in [3.8, 4) is 0 Å². The van der Waals surface area contributed by atoms with E-state index in [2.05, 4.69) is 44.3 Å². The molecule has 0 spiro atoms. The Kier molecular flexibility index (Phi) is 3.90. The largest absolute Gasteiger partial charge is 0.251 e. The Labute approximate surface area is 102 Å². The first-order valence-corrected chi connectivity index (χ1v) is 6.51. The molecule has 82 valence electrons. The Morgan fingerprint density at radius 2 is 1.93 bits per heavy atom. The van der Waals surface area contributed by atoms with E-state index < -0.39 is 0 Å². The molecule has 0 bridgehead atoms. The van der Waals surface area contributed by atoms with E-state index in [0.717, 1.165) is 9.78 Å². The molecule has 0 unspecified atom stereocenters. The van der Waals surface area contributed by atoms with Crippen LogP contribution in [0.4, 0.5) is 0 Å². The summed E-state index contributed by atoms with van der Waals surface area (Å²) >= 11 is 3.26. The summed E-state index contributed by atoms with van der Waals surface area (Å²) in [5.41, 5.74) is -0.139. The lowest BCUT2D eigenvalue weighted by Crippen LogP contribution is -2.34. The van der Waals surface area contributed by atoms with E-state index in [-0.39, 0.29) is 10.3 Å². The van der Waals surface area contributed by atoms with Crippen molar-refractivity contribution < 1.29 is 0 Å². The summed E-state index contributed by atoms with van der Waals surface area (Å²) in [5, 5.41) is 1.02. The molecule has 2 radical (unpaired) electrons. The van der Waals surface area contributed by atoms with Gasteiger partial charge in [0.1, 0.15) is 12.9 Å². The second kappa shape index (κ2) is 4.48. The molecule has 1 aromatic heterocycles. The summed E-state index contributed by atoms with van der Waals surface area (Å²) in [5.74, 6) is 0. The number of rotatable bonds is 3. The zero-order valence-corrected chi connectivity index (χ0v) is 11.6. The standard InChI is InChI=1S/C10H17BN2S2/c1-9(2,3)15-13-10(4,5)8-12-6-7(11)14-8/h6,13H,1-5H3. The fourth-order valence-electron chi connectivity index (χ4n) is 0.900. The monoisotopic (exact) mass is 240 g/mol. The Balaban J connectivity index is 2.67. The second-order valence-corrected chi connectivity index (χ2v) is 7.70. The maximum atomic E-state index is 5.68. The van der Waals surface area contributed by atoms with Gasteiger partial charge in [-0.15, -0.1) is 11.3 Å². The molecule has 2 nitrogen and oxygen atoms in total. The molecule has 0 saturated carbocycles.